The summed E-state index contributed by atoms with van der Waals surface area (Å²) in [6.45, 7) is 0.568. The molecule has 0 saturated heterocycles. The minimum Gasteiger partial charge on any atom is -0.493 e. The number of aryl methyl sites for hydroxylation is 1. The Kier molecular flexibility index (Phi) is 7.19. The van der Waals surface area contributed by atoms with E-state index >= 15 is 0 Å². The van der Waals surface area contributed by atoms with Gasteiger partial charge in [0.1, 0.15) is 0 Å². The third kappa shape index (κ3) is 4.85. The van der Waals surface area contributed by atoms with Gasteiger partial charge in [0.25, 0.3) is 0 Å². The molecule has 1 aromatic heterocycles. The van der Waals surface area contributed by atoms with Crippen LogP contribution in [0, 0.1) is 7.14 Å². The lowest BCUT2D eigenvalue weighted by Gasteiger charge is -2.08. The Morgan fingerprint density at radius 1 is 0.938 bits per heavy atom. The normalized spacial score (nSPS) is 11.4. The van der Waals surface area contributed by atoms with Gasteiger partial charge in [0, 0.05) is 41.9 Å². The maximum absolute atomic E-state index is 12.4. The molecule has 0 spiro atoms. The fourth-order valence-electron chi connectivity index (χ4n) is 3.67. The number of amides is 1. The molecule has 1 amide bonds. The van der Waals surface area contributed by atoms with Crippen molar-refractivity contribution in [3.8, 4) is 11.5 Å². The zero-order chi connectivity index (χ0) is 22.7. The molecule has 0 fully saturated rings. The number of nitrogens with one attached hydrogen (secondary N) is 1. The molecule has 164 valence electrons. The molecule has 4 rings (SSSR count). The van der Waals surface area contributed by atoms with E-state index in [1.165, 1.54) is 17.9 Å². The third-order valence-electron chi connectivity index (χ3n) is 5.16. The molecule has 1 heterocycles. The highest BCUT2D eigenvalue weighted by Crippen LogP contribution is 2.31. The van der Waals surface area contributed by atoms with Gasteiger partial charge in [-0.05, 0) is 105 Å². The highest BCUT2D eigenvalue weighted by atomic mass is 127. The first-order valence-electron chi connectivity index (χ1n) is 9.91. The SMILES string of the molecule is COc1ccc(/C=N\NC(=O)CCn2c3ccc(I)cc3c3cc(I)ccc32)cc1OC. The van der Waals surface area contributed by atoms with Gasteiger partial charge in [0.15, 0.2) is 11.5 Å². The summed E-state index contributed by atoms with van der Waals surface area (Å²) in [5, 5.41) is 6.50. The minimum absolute atomic E-state index is 0.146. The van der Waals surface area contributed by atoms with E-state index in [1.807, 2.05) is 6.07 Å². The molecule has 0 aliphatic rings. The van der Waals surface area contributed by atoms with Gasteiger partial charge >= 0.3 is 0 Å². The van der Waals surface area contributed by atoms with Crippen LogP contribution in [0.25, 0.3) is 21.8 Å². The second-order valence-corrected chi connectivity index (χ2v) is 9.62. The number of benzene rings is 3. The number of carbonyl (C=O) groups is 1. The van der Waals surface area contributed by atoms with Gasteiger partial charge in [0.05, 0.1) is 20.4 Å². The number of hydrazone groups is 1. The Morgan fingerprint density at radius 2 is 1.56 bits per heavy atom. The number of rotatable bonds is 7. The molecule has 0 saturated carbocycles. The Morgan fingerprint density at radius 3 is 2.16 bits per heavy atom. The summed E-state index contributed by atoms with van der Waals surface area (Å²) in [5.41, 5.74) is 5.67. The van der Waals surface area contributed by atoms with Gasteiger partial charge < -0.3 is 14.0 Å². The molecular formula is C24H21I2N3O3. The second-order valence-electron chi connectivity index (χ2n) is 7.13. The first-order valence-corrected chi connectivity index (χ1v) is 12.1. The van der Waals surface area contributed by atoms with Crippen LogP contribution in [0.4, 0.5) is 0 Å². The average Bonchev–Trinajstić information content (AvgIpc) is 3.09. The summed E-state index contributed by atoms with van der Waals surface area (Å²) in [5.74, 6) is 1.11. The summed E-state index contributed by atoms with van der Waals surface area (Å²) in [4.78, 5) is 12.4. The minimum atomic E-state index is -0.146. The zero-order valence-corrected chi connectivity index (χ0v) is 21.9. The van der Waals surface area contributed by atoms with Crippen LogP contribution in [0.1, 0.15) is 12.0 Å². The van der Waals surface area contributed by atoms with E-state index in [9.17, 15) is 4.79 Å². The number of fused-ring (bicyclic) bond motifs is 3. The molecule has 0 unspecified atom stereocenters. The quantitative estimate of drug-likeness (QED) is 0.162. The van der Waals surface area contributed by atoms with Crippen molar-refractivity contribution in [3.05, 3.63) is 67.3 Å². The molecule has 0 radical (unpaired) electrons. The molecule has 0 aliphatic carbocycles. The Balaban J connectivity index is 1.48. The number of halogens is 2. The molecule has 0 atom stereocenters. The summed E-state index contributed by atoms with van der Waals surface area (Å²) in [6, 6.07) is 18.3. The Labute approximate surface area is 213 Å². The van der Waals surface area contributed by atoms with Gasteiger partial charge in [-0.3, -0.25) is 4.79 Å². The number of ether oxygens (including phenoxy) is 2. The molecule has 0 aliphatic heterocycles. The van der Waals surface area contributed by atoms with Crippen molar-refractivity contribution in [2.24, 2.45) is 5.10 Å². The molecule has 3 aromatic carbocycles. The fraction of sp³-hybridized carbons (Fsp3) is 0.167. The Hall–Kier alpha value is -2.34. The monoisotopic (exact) mass is 653 g/mol. The van der Waals surface area contributed by atoms with Crippen LogP contribution in [0.3, 0.4) is 0 Å². The van der Waals surface area contributed by atoms with Crippen LogP contribution >= 0.6 is 45.2 Å². The van der Waals surface area contributed by atoms with Crippen LogP contribution in [0.15, 0.2) is 59.7 Å². The van der Waals surface area contributed by atoms with Gasteiger partial charge in [-0.2, -0.15) is 5.10 Å². The number of methoxy groups -OCH3 is 2. The summed E-state index contributed by atoms with van der Waals surface area (Å²) in [7, 11) is 3.17. The van der Waals surface area contributed by atoms with Crippen molar-refractivity contribution in [3.63, 3.8) is 0 Å². The highest BCUT2D eigenvalue weighted by Gasteiger charge is 2.12. The first kappa shape index (κ1) is 22.8. The van der Waals surface area contributed by atoms with E-state index in [0.717, 1.165) is 16.6 Å². The third-order valence-corrected chi connectivity index (χ3v) is 6.50. The van der Waals surface area contributed by atoms with E-state index in [0.29, 0.717) is 24.5 Å². The zero-order valence-electron chi connectivity index (χ0n) is 17.6. The number of hydrogen-bond acceptors (Lipinski definition) is 4. The second kappa shape index (κ2) is 10.1. The number of carbonyl (C=O) groups excluding carboxylic acids is 1. The van der Waals surface area contributed by atoms with E-state index in [2.05, 4.69) is 96.7 Å². The van der Waals surface area contributed by atoms with Crippen LogP contribution in [-0.4, -0.2) is 30.9 Å². The largest absolute Gasteiger partial charge is 0.493 e. The van der Waals surface area contributed by atoms with Crippen molar-refractivity contribution in [1.29, 1.82) is 0 Å². The summed E-state index contributed by atoms with van der Waals surface area (Å²) < 4.78 is 15.1. The van der Waals surface area contributed by atoms with E-state index in [-0.39, 0.29) is 5.91 Å². The van der Waals surface area contributed by atoms with Crippen LogP contribution in [-0.2, 0) is 11.3 Å². The molecule has 0 bridgehead atoms. The lowest BCUT2D eigenvalue weighted by Crippen LogP contribution is -2.19. The molecular weight excluding hydrogens is 632 g/mol. The number of nitrogens with zero attached hydrogens (tertiary/aromatic N) is 2. The van der Waals surface area contributed by atoms with Gasteiger partial charge in [-0.25, -0.2) is 5.43 Å². The molecule has 4 aromatic rings. The van der Waals surface area contributed by atoms with Crippen molar-refractivity contribution in [2.45, 2.75) is 13.0 Å². The predicted molar refractivity (Wildman–Crippen MR) is 145 cm³/mol. The first-order chi connectivity index (χ1) is 15.5. The number of aromatic nitrogens is 1. The lowest BCUT2D eigenvalue weighted by atomic mass is 10.2. The van der Waals surface area contributed by atoms with Crippen LogP contribution in [0.2, 0.25) is 0 Å². The maximum atomic E-state index is 12.4. The summed E-state index contributed by atoms with van der Waals surface area (Å²) in [6.07, 6.45) is 1.91. The van der Waals surface area contributed by atoms with E-state index < -0.39 is 0 Å². The highest BCUT2D eigenvalue weighted by molar-refractivity contribution is 14.1. The molecule has 6 nitrogen and oxygen atoms in total. The van der Waals surface area contributed by atoms with E-state index in [4.69, 9.17) is 9.47 Å². The standard InChI is InChI=1S/C24H21I2N3O3/c1-31-22-8-3-15(11-23(22)32-2)14-27-28-24(30)9-10-29-20-6-4-16(25)12-18(20)19-13-17(26)5-7-21(19)29/h3-8,11-14H,9-10H2,1-2H3,(H,28,30)/b27-14-. The van der Waals surface area contributed by atoms with Gasteiger partial charge in [-0.15, -0.1) is 0 Å². The van der Waals surface area contributed by atoms with Crippen molar-refractivity contribution < 1.29 is 14.3 Å². The van der Waals surface area contributed by atoms with Crippen LogP contribution in [0.5, 0.6) is 11.5 Å². The molecule has 32 heavy (non-hydrogen) atoms. The lowest BCUT2D eigenvalue weighted by molar-refractivity contribution is -0.121. The summed E-state index contributed by atoms with van der Waals surface area (Å²) >= 11 is 4.67. The van der Waals surface area contributed by atoms with E-state index in [1.54, 1.807) is 32.6 Å². The van der Waals surface area contributed by atoms with Gasteiger partial charge in [0.2, 0.25) is 5.91 Å². The molecule has 8 heteroatoms. The topological polar surface area (TPSA) is 64.8 Å². The predicted octanol–water partition coefficient (Wildman–Crippen LogP) is 5.56. The number of hydrogen-bond donors (Lipinski definition) is 1. The van der Waals surface area contributed by atoms with Crippen molar-refractivity contribution in [2.75, 3.05) is 14.2 Å². The fourth-order valence-corrected chi connectivity index (χ4v) is 4.65. The van der Waals surface area contributed by atoms with Gasteiger partial charge in [-0.1, -0.05) is 0 Å². The van der Waals surface area contributed by atoms with Crippen molar-refractivity contribution in [1.82, 2.24) is 9.99 Å². The van der Waals surface area contributed by atoms with Crippen LogP contribution < -0.4 is 14.9 Å². The molecule has 1 N–H and O–H groups in total. The average molecular weight is 653 g/mol. The maximum Gasteiger partial charge on any atom is 0.241 e. The smallest absolute Gasteiger partial charge is 0.241 e. The Bertz CT molecular complexity index is 1270. The van der Waals surface area contributed by atoms with Crippen molar-refractivity contribution >= 4 is 79.1 Å².